The summed E-state index contributed by atoms with van der Waals surface area (Å²) in [7, 11) is 1.34. The minimum Gasteiger partial charge on any atom is -0.468 e. The molecule has 0 aliphatic carbocycles. The quantitative estimate of drug-likeness (QED) is 0.758. The fourth-order valence-electron chi connectivity index (χ4n) is 2.81. The van der Waals surface area contributed by atoms with Crippen LogP contribution in [0.5, 0.6) is 0 Å². The van der Waals surface area contributed by atoms with E-state index in [1.807, 2.05) is 11.0 Å². The normalized spacial score (nSPS) is 16.6. The second-order valence-electron chi connectivity index (χ2n) is 7.28. The Balaban J connectivity index is 1.92. The number of rotatable bonds is 5. The Morgan fingerprint density at radius 3 is 2.44 bits per heavy atom. The maximum Gasteiger partial charge on any atom is 0.407 e. The third-order valence-corrected chi connectivity index (χ3v) is 4.33. The van der Waals surface area contributed by atoms with Gasteiger partial charge in [0.15, 0.2) is 0 Å². The summed E-state index contributed by atoms with van der Waals surface area (Å²) >= 11 is 5.88. The molecule has 1 aliphatic rings. The summed E-state index contributed by atoms with van der Waals surface area (Å²) < 4.78 is 10.1. The van der Waals surface area contributed by atoms with Crippen molar-refractivity contribution in [3.8, 4) is 0 Å². The van der Waals surface area contributed by atoms with Crippen molar-refractivity contribution in [1.82, 2.24) is 15.2 Å². The molecule has 0 bridgehead atoms. The third-order valence-electron chi connectivity index (χ3n) is 4.10. The molecule has 1 saturated heterocycles. The molecule has 0 unspecified atom stereocenters. The first-order valence-electron chi connectivity index (χ1n) is 8.85. The first kappa shape index (κ1) is 21.2. The Labute approximate surface area is 164 Å². The van der Waals surface area contributed by atoms with Gasteiger partial charge in [0, 0.05) is 38.9 Å². The van der Waals surface area contributed by atoms with E-state index < -0.39 is 17.7 Å². The van der Waals surface area contributed by atoms with Crippen LogP contribution in [0, 0.1) is 0 Å². The fourth-order valence-corrected chi connectivity index (χ4v) is 2.92. The predicted molar refractivity (Wildman–Crippen MR) is 103 cm³/mol. The number of carbonyl (C=O) groups excluding carboxylic acids is 2. The molecule has 1 N–H and O–H groups in total. The summed E-state index contributed by atoms with van der Waals surface area (Å²) in [5.74, 6) is 0.463. The van der Waals surface area contributed by atoms with E-state index in [-0.39, 0.29) is 12.5 Å². The Hall–Kier alpha value is -2.06. The number of hydrogen-bond acceptors (Lipinski definition) is 7. The van der Waals surface area contributed by atoms with Crippen LogP contribution < -0.4 is 10.2 Å². The largest absolute Gasteiger partial charge is 0.468 e. The number of carbonyl (C=O) groups is 2. The molecular weight excluding hydrogens is 372 g/mol. The number of amides is 1. The highest BCUT2D eigenvalue weighted by atomic mass is 35.5. The highest BCUT2D eigenvalue weighted by Crippen LogP contribution is 2.17. The number of aromatic nitrogens is 1. The van der Waals surface area contributed by atoms with E-state index in [1.165, 1.54) is 7.11 Å². The lowest BCUT2D eigenvalue weighted by molar-refractivity contribution is -0.146. The average molecular weight is 399 g/mol. The average Bonchev–Trinajstić information content (AvgIpc) is 2.61. The Morgan fingerprint density at radius 1 is 1.26 bits per heavy atom. The van der Waals surface area contributed by atoms with Crippen LogP contribution in [-0.2, 0) is 14.3 Å². The zero-order valence-electron chi connectivity index (χ0n) is 16.2. The molecule has 150 valence electrons. The van der Waals surface area contributed by atoms with Crippen LogP contribution in [0.2, 0.25) is 5.02 Å². The van der Waals surface area contributed by atoms with Crippen molar-refractivity contribution in [3.63, 3.8) is 0 Å². The number of nitrogens with one attached hydrogen (secondary N) is 1. The van der Waals surface area contributed by atoms with Gasteiger partial charge in [-0.05, 0) is 32.9 Å². The molecule has 27 heavy (non-hydrogen) atoms. The summed E-state index contributed by atoms with van der Waals surface area (Å²) in [5, 5.41) is 3.25. The maximum atomic E-state index is 12.2. The number of methoxy groups -OCH3 is 1. The van der Waals surface area contributed by atoms with Crippen LogP contribution in [0.25, 0.3) is 0 Å². The van der Waals surface area contributed by atoms with Crippen molar-refractivity contribution < 1.29 is 19.1 Å². The molecule has 1 aromatic rings. The van der Waals surface area contributed by atoms with Gasteiger partial charge in [0.25, 0.3) is 0 Å². The Kier molecular flexibility index (Phi) is 7.26. The standard InChI is InChI=1S/C18H27ClN4O4/c1-18(2,3)27-17(25)21-12-14(16(24)26-4)22-7-9-23(10-8-22)15-6-5-13(19)11-20-15/h5-6,11,14H,7-10,12H2,1-4H3,(H,21,25)/t14-/m1/s1. The van der Waals surface area contributed by atoms with Crippen molar-refractivity contribution in [2.75, 3.05) is 44.7 Å². The molecule has 2 heterocycles. The number of esters is 1. The first-order valence-corrected chi connectivity index (χ1v) is 9.22. The summed E-state index contributed by atoms with van der Waals surface area (Å²) in [6, 6.07) is 3.11. The minimum atomic E-state index is -0.595. The maximum absolute atomic E-state index is 12.2. The van der Waals surface area contributed by atoms with Gasteiger partial charge in [0.05, 0.1) is 12.1 Å². The fraction of sp³-hybridized carbons (Fsp3) is 0.611. The van der Waals surface area contributed by atoms with E-state index in [0.29, 0.717) is 31.2 Å². The number of nitrogens with zero attached hydrogens (tertiary/aromatic N) is 3. The van der Waals surface area contributed by atoms with Crippen molar-refractivity contribution >= 4 is 29.5 Å². The summed E-state index contributed by atoms with van der Waals surface area (Å²) in [4.78, 5) is 32.5. The summed E-state index contributed by atoms with van der Waals surface area (Å²) in [6.45, 7) is 8.17. The number of alkyl carbamates (subject to hydrolysis) is 1. The number of pyridine rings is 1. The van der Waals surface area contributed by atoms with E-state index in [0.717, 1.165) is 5.82 Å². The van der Waals surface area contributed by atoms with E-state index in [2.05, 4.69) is 15.2 Å². The van der Waals surface area contributed by atoms with Crippen LogP contribution in [0.1, 0.15) is 20.8 Å². The molecule has 0 aromatic carbocycles. The van der Waals surface area contributed by atoms with Gasteiger partial charge in [-0.2, -0.15) is 0 Å². The van der Waals surface area contributed by atoms with Crippen molar-refractivity contribution in [3.05, 3.63) is 23.4 Å². The minimum absolute atomic E-state index is 0.126. The third kappa shape index (κ3) is 6.55. The van der Waals surface area contributed by atoms with E-state index in [4.69, 9.17) is 21.1 Å². The molecule has 2 rings (SSSR count). The second-order valence-corrected chi connectivity index (χ2v) is 7.72. The Bertz CT molecular complexity index is 640. The second kappa shape index (κ2) is 9.23. The van der Waals surface area contributed by atoms with Gasteiger partial charge < -0.3 is 19.7 Å². The zero-order chi connectivity index (χ0) is 20.0. The van der Waals surface area contributed by atoms with E-state index >= 15 is 0 Å². The molecule has 0 radical (unpaired) electrons. The molecule has 1 aromatic heterocycles. The molecule has 1 amide bonds. The molecule has 1 aliphatic heterocycles. The lowest BCUT2D eigenvalue weighted by Gasteiger charge is -2.38. The van der Waals surface area contributed by atoms with Crippen LogP contribution in [0.3, 0.4) is 0 Å². The zero-order valence-corrected chi connectivity index (χ0v) is 17.0. The highest BCUT2D eigenvalue weighted by Gasteiger charge is 2.31. The van der Waals surface area contributed by atoms with Gasteiger partial charge in [0.1, 0.15) is 17.5 Å². The van der Waals surface area contributed by atoms with Crippen LogP contribution in [0.4, 0.5) is 10.6 Å². The monoisotopic (exact) mass is 398 g/mol. The predicted octanol–water partition coefficient (Wildman–Crippen LogP) is 1.92. The number of halogens is 1. The SMILES string of the molecule is COC(=O)[C@@H](CNC(=O)OC(C)(C)C)N1CCN(c2ccc(Cl)cn2)CC1. The van der Waals surface area contributed by atoms with Crippen LogP contribution >= 0.6 is 11.6 Å². The molecular formula is C18H27ClN4O4. The van der Waals surface area contributed by atoms with Gasteiger partial charge in [-0.3, -0.25) is 9.69 Å². The number of anilines is 1. The number of piperazine rings is 1. The molecule has 1 fully saturated rings. The summed E-state index contributed by atoms with van der Waals surface area (Å²) in [6.07, 6.45) is 1.06. The van der Waals surface area contributed by atoms with Gasteiger partial charge in [-0.1, -0.05) is 11.6 Å². The molecule has 0 spiro atoms. The molecule has 1 atom stereocenters. The van der Waals surface area contributed by atoms with Crippen molar-refractivity contribution in [1.29, 1.82) is 0 Å². The number of ether oxygens (including phenoxy) is 2. The first-order chi connectivity index (χ1) is 12.7. The van der Waals surface area contributed by atoms with E-state index in [1.54, 1.807) is 33.0 Å². The summed E-state index contributed by atoms with van der Waals surface area (Å²) in [5.41, 5.74) is -0.595. The van der Waals surface area contributed by atoms with Crippen LogP contribution in [0.15, 0.2) is 18.3 Å². The van der Waals surface area contributed by atoms with Gasteiger partial charge in [-0.25, -0.2) is 9.78 Å². The van der Waals surface area contributed by atoms with Gasteiger partial charge in [-0.15, -0.1) is 0 Å². The smallest absolute Gasteiger partial charge is 0.407 e. The van der Waals surface area contributed by atoms with Crippen molar-refractivity contribution in [2.24, 2.45) is 0 Å². The van der Waals surface area contributed by atoms with Gasteiger partial charge >= 0.3 is 12.1 Å². The highest BCUT2D eigenvalue weighted by molar-refractivity contribution is 6.30. The lowest BCUT2D eigenvalue weighted by atomic mass is 10.2. The Morgan fingerprint density at radius 2 is 1.93 bits per heavy atom. The molecule has 9 heteroatoms. The molecule has 8 nitrogen and oxygen atoms in total. The number of hydrogen-bond donors (Lipinski definition) is 1. The van der Waals surface area contributed by atoms with Gasteiger partial charge in [0.2, 0.25) is 0 Å². The lowest BCUT2D eigenvalue weighted by Crippen LogP contribution is -2.56. The van der Waals surface area contributed by atoms with E-state index in [9.17, 15) is 9.59 Å². The van der Waals surface area contributed by atoms with Crippen molar-refractivity contribution in [2.45, 2.75) is 32.4 Å². The topological polar surface area (TPSA) is 84.0 Å². The molecule has 0 saturated carbocycles. The van der Waals surface area contributed by atoms with Crippen LogP contribution in [-0.4, -0.2) is 73.4 Å².